The number of aliphatic hydroxyl groups excluding tert-OH is 2. The van der Waals surface area contributed by atoms with Crippen LogP contribution in [0.2, 0.25) is 0 Å². The highest BCUT2D eigenvalue weighted by Crippen LogP contribution is 2.64. The van der Waals surface area contributed by atoms with Gasteiger partial charge in [0.15, 0.2) is 0 Å². The van der Waals surface area contributed by atoms with E-state index >= 15 is 0 Å². The lowest BCUT2D eigenvalue weighted by atomic mass is 9.58. The first-order chi connectivity index (χ1) is 17.3. The number of methoxy groups -OCH3 is 1. The topological polar surface area (TPSA) is 78.7 Å². The average Bonchev–Trinajstić information content (AvgIpc) is 3.14. The zero-order valence-electron chi connectivity index (χ0n) is 21.9. The summed E-state index contributed by atoms with van der Waals surface area (Å²) in [6.07, 6.45) is 12.6. The van der Waals surface area contributed by atoms with Crippen molar-refractivity contribution in [3.05, 3.63) is 59.6 Å². The first-order valence-corrected chi connectivity index (χ1v) is 13.5. The highest BCUT2D eigenvalue weighted by atomic mass is 16.5. The summed E-state index contributed by atoms with van der Waals surface area (Å²) >= 11 is 0. The Hall–Kier alpha value is -2.12. The SMILES string of the molecule is CO[C@]12CCC3C[C@H](N(C)C)[C@@H](O)[C@H](O)C3=CC1=CC[C@]1(C)[C@@H](c3ccc4ncncc4c3)CC[C@H]12. The summed E-state index contributed by atoms with van der Waals surface area (Å²) in [5.74, 6) is 1.10. The summed E-state index contributed by atoms with van der Waals surface area (Å²) in [4.78, 5) is 10.7. The van der Waals surface area contributed by atoms with Gasteiger partial charge >= 0.3 is 0 Å². The molecule has 0 radical (unpaired) electrons. The summed E-state index contributed by atoms with van der Waals surface area (Å²) in [5, 5.41) is 23.1. The lowest BCUT2D eigenvalue weighted by molar-refractivity contribution is -0.0797. The first kappa shape index (κ1) is 24.2. The van der Waals surface area contributed by atoms with Gasteiger partial charge in [-0.1, -0.05) is 25.1 Å². The zero-order valence-corrected chi connectivity index (χ0v) is 21.9. The van der Waals surface area contributed by atoms with E-state index in [1.54, 1.807) is 6.33 Å². The molecule has 0 bridgehead atoms. The molecule has 192 valence electrons. The van der Waals surface area contributed by atoms with Crippen LogP contribution in [-0.4, -0.2) is 70.1 Å². The molecule has 6 rings (SSSR count). The number of hydrogen-bond acceptors (Lipinski definition) is 6. The normalized spacial score (nSPS) is 40.2. The molecular formula is C30H39N3O3. The molecule has 1 heterocycles. The van der Waals surface area contributed by atoms with Gasteiger partial charge in [0.05, 0.1) is 17.2 Å². The monoisotopic (exact) mass is 489 g/mol. The van der Waals surface area contributed by atoms with Crippen LogP contribution in [0.1, 0.15) is 56.9 Å². The van der Waals surface area contributed by atoms with E-state index in [4.69, 9.17) is 4.74 Å². The van der Waals surface area contributed by atoms with Crippen LogP contribution in [0.3, 0.4) is 0 Å². The molecule has 0 saturated heterocycles. The van der Waals surface area contributed by atoms with E-state index in [1.807, 2.05) is 27.4 Å². The Bertz CT molecular complexity index is 1220. The predicted octanol–water partition coefficient (Wildman–Crippen LogP) is 4.24. The van der Waals surface area contributed by atoms with Crippen LogP contribution in [0.5, 0.6) is 0 Å². The molecule has 0 spiro atoms. The maximum absolute atomic E-state index is 11.2. The highest BCUT2D eigenvalue weighted by Gasteiger charge is 2.60. The molecule has 2 fully saturated rings. The number of ether oxygens (including phenoxy) is 1. The van der Waals surface area contributed by atoms with E-state index in [9.17, 15) is 10.2 Å². The molecular weight excluding hydrogens is 450 g/mol. The Morgan fingerprint density at radius 1 is 1.14 bits per heavy atom. The fourth-order valence-corrected chi connectivity index (χ4v) is 8.41. The minimum Gasteiger partial charge on any atom is -0.388 e. The standard InChI is InChI=1S/C30H39N3O3/c1-29-11-10-21-15-22-18(14-25(33(2)3)28(35)27(22)34)9-12-30(21,36-4)26(29)8-6-23(29)19-5-7-24-20(13-19)16-31-17-32-24/h5,7,10,13,15-18,23,25-28,34-35H,6,8-9,11-12,14H2,1-4H3/t18?,23-,25+,26-,27-,28-,29-,30-/m1/s1. The van der Waals surface area contributed by atoms with Crippen molar-refractivity contribution in [2.24, 2.45) is 17.3 Å². The van der Waals surface area contributed by atoms with Crippen LogP contribution in [0, 0.1) is 17.3 Å². The van der Waals surface area contributed by atoms with Crippen molar-refractivity contribution in [2.75, 3.05) is 21.2 Å². The molecule has 4 aliphatic rings. The van der Waals surface area contributed by atoms with Gasteiger partial charge in [-0.3, -0.25) is 0 Å². The van der Waals surface area contributed by atoms with E-state index < -0.39 is 12.2 Å². The lowest BCUT2D eigenvalue weighted by Crippen LogP contribution is -2.52. The van der Waals surface area contributed by atoms with E-state index in [1.165, 1.54) is 11.1 Å². The second-order valence-electron chi connectivity index (χ2n) is 12.1. The molecule has 2 saturated carbocycles. The van der Waals surface area contributed by atoms with Gasteiger partial charge in [-0.25, -0.2) is 9.97 Å². The van der Waals surface area contributed by atoms with Crippen molar-refractivity contribution >= 4 is 10.9 Å². The second-order valence-corrected chi connectivity index (χ2v) is 12.1. The molecule has 0 aliphatic heterocycles. The molecule has 36 heavy (non-hydrogen) atoms. The molecule has 2 aromatic rings. The molecule has 8 atom stereocenters. The molecule has 1 unspecified atom stereocenters. The van der Waals surface area contributed by atoms with E-state index in [-0.39, 0.29) is 23.0 Å². The smallest absolute Gasteiger partial charge is 0.116 e. The van der Waals surface area contributed by atoms with Crippen molar-refractivity contribution in [3.63, 3.8) is 0 Å². The number of aromatic nitrogens is 2. The number of allylic oxidation sites excluding steroid dienone is 1. The molecule has 4 aliphatic carbocycles. The number of nitrogens with zero attached hydrogens (tertiary/aromatic N) is 3. The summed E-state index contributed by atoms with van der Waals surface area (Å²) in [7, 11) is 5.86. The van der Waals surface area contributed by atoms with Gasteiger partial charge < -0.3 is 19.8 Å². The van der Waals surface area contributed by atoms with Crippen LogP contribution in [-0.2, 0) is 4.74 Å². The summed E-state index contributed by atoms with van der Waals surface area (Å²) in [6.45, 7) is 2.46. The van der Waals surface area contributed by atoms with Gasteiger partial charge in [0.2, 0.25) is 0 Å². The van der Waals surface area contributed by atoms with Crippen molar-refractivity contribution in [1.82, 2.24) is 14.9 Å². The van der Waals surface area contributed by atoms with Gasteiger partial charge in [0.1, 0.15) is 12.4 Å². The van der Waals surface area contributed by atoms with E-state index in [2.05, 4.69) is 52.1 Å². The molecule has 0 amide bonds. The Morgan fingerprint density at radius 3 is 2.75 bits per heavy atom. The second kappa shape index (κ2) is 8.73. The third kappa shape index (κ3) is 3.45. The van der Waals surface area contributed by atoms with Crippen LogP contribution in [0.4, 0.5) is 0 Å². The first-order valence-electron chi connectivity index (χ1n) is 13.5. The number of hydrogen-bond donors (Lipinski definition) is 2. The quantitative estimate of drug-likeness (QED) is 0.672. The van der Waals surface area contributed by atoms with E-state index in [0.717, 1.165) is 55.0 Å². The molecule has 1 aromatic carbocycles. The molecule has 6 heteroatoms. The maximum Gasteiger partial charge on any atom is 0.116 e. The Balaban J connectivity index is 1.37. The Morgan fingerprint density at radius 2 is 1.97 bits per heavy atom. The van der Waals surface area contributed by atoms with Crippen molar-refractivity contribution < 1.29 is 14.9 Å². The number of fused-ring (bicyclic) bond motifs is 5. The predicted molar refractivity (Wildman–Crippen MR) is 140 cm³/mol. The largest absolute Gasteiger partial charge is 0.388 e. The maximum atomic E-state index is 11.2. The molecule has 1 aromatic heterocycles. The Labute approximate surface area is 214 Å². The zero-order chi connectivity index (χ0) is 25.2. The minimum absolute atomic E-state index is 0.0345. The summed E-state index contributed by atoms with van der Waals surface area (Å²) in [5.41, 5.74) is 4.30. The van der Waals surface area contributed by atoms with Crippen molar-refractivity contribution in [2.45, 2.75) is 75.2 Å². The lowest BCUT2D eigenvalue weighted by Gasteiger charge is -2.51. The highest BCUT2D eigenvalue weighted by molar-refractivity contribution is 5.78. The van der Waals surface area contributed by atoms with Crippen molar-refractivity contribution in [3.8, 4) is 0 Å². The average molecular weight is 490 g/mol. The number of likely N-dealkylation sites (N-methyl/N-ethyl adjacent to an activating group) is 1. The van der Waals surface area contributed by atoms with Gasteiger partial charge in [0, 0.05) is 24.7 Å². The Kier molecular flexibility index (Phi) is 5.87. The molecule has 2 N–H and O–H groups in total. The third-order valence-electron chi connectivity index (χ3n) is 10.4. The summed E-state index contributed by atoms with van der Waals surface area (Å²) < 4.78 is 6.55. The number of benzene rings is 1. The van der Waals surface area contributed by atoms with Crippen LogP contribution < -0.4 is 0 Å². The molecule has 6 nitrogen and oxygen atoms in total. The van der Waals surface area contributed by atoms with Crippen LogP contribution in [0.15, 0.2) is 54.0 Å². The van der Waals surface area contributed by atoms with Gasteiger partial charge in [0.25, 0.3) is 0 Å². The van der Waals surface area contributed by atoms with Gasteiger partial charge in [-0.15, -0.1) is 0 Å². The number of rotatable bonds is 3. The van der Waals surface area contributed by atoms with Gasteiger partial charge in [-0.2, -0.15) is 0 Å². The minimum atomic E-state index is -0.825. The third-order valence-corrected chi connectivity index (χ3v) is 10.4. The summed E-state index contributed by atoms with van der Waals surface area (Å²) in [6, 6.07) is 6.64. The van der Waals surface area contributed by atoms with Gasteiger partial charge in [-0.05, 0) is 105 Å². The fraction of sp³-hybridized carbons (Fsp3) is 0.600. The van der Waals surface area contributed by atoms with Crippen LogP contribution >= 0.6 is 0 Å². The van der Waals surface area contributed by atoms with Crippen LogP contribution in [0.25, 0.3) is 10.9 Å². The fourth-order valence-electron chi connectivity index (χ4n) is 8.41. The van der Waals surface area contributed by atoms with Crippen molar-refractivity contribution in [1.29, 1.82) is 0 Å². The van der Waals surface area contributed by atoms with E-state index in [0.29, 0.717) is 11.8 Å². The number of aliphatic hydroxyl groups is 2.